The molecule has 1 aliphatic carbocycles. The lowest BCUT2D eigenvalue weighted by molar-refractivity contribution is -0.130. The Hall–Kier alpha value is -2.52. The van der Waals surface area contributed by atoms with Crippen LogP contribution in [-0.4, -0.2) is 67.5 Å². The second-order valence-electron chi connectivity index (χ2n) is 9.77. The van der Waals surface area contributed by atoms with E-state index in [-0.39, 0.29) is 29.1 Å². The zero-order valence-electron chi connectivity index (χ0n) is 18.5. The summed E-state index contributed by atoms with van der Waals surface area (Å²) < 4.78 is 1.67. The molecule has 5 heterocycles. The minimum absolute atomic E-state index is 0.00686. The molecule has 3 aliphatic rings. The highest BCUT2D eigenvalue weighted by molar-refractivity contribution is 7.19. The molecule has 8 nitrogen and oxygen atoms in total. The molecule has 0 spiro atoms. The minimum atomic E-state index is -0.0399. The Labute approximate surface area is 200 Å². The summed E-state index contributed by atoms with van der Waals surface area (Å²) in [6, 6.07) is 3.73. The number of amides is 2. The van der Waals surface area contributed by atoms with Crippen molar-refractivity contribution in [2.24, 2.45) is 17.9 Å². The largest absolute Gasteiger partial charge is 0.341 e. The lowest BCUT2D eigenvalue weighted by atomic mass is 9.60. The van der Waals surface area contributed by atoms with Crippen molar-refractivity contribution >= 4 is 45.1 Å². The number of carbonyl (C=O) groups excluding carboxylic acids is 2. The number of pyridine rings is 1. The van der Waals surface area contributed by atoms with Gasteiger partial charge in [0.05, 0.1) is 23.3 Å². The molecule has 0 N–H and O–H groups in total. The van der Waals surface area contributed by atoms with E-state index in [4.69, 9.17) is 11.6 Å². The number of fused-ring (bicyclic) bond motifs is 1. The van der Waals surface area contributed by atoms with Crippen LogP contribution in [0, 0.1) is 10.8 Å². The molecule has 1 saturated carbocycles. The van der Waals surface area contributed by atoms with Crippen LogP contribution in [0.2, 0.25) is 5.02 Å². The van der Waals surface area contributed by atoms with Gasteiger partial charge in [-0.2, -0.15) is 5.10 Å². The van der Waals surface area contributed by atoms with Crippen molar-refractivity contribution in [3.63, 3.8) is 0 Å². The van der Waals surface area contributed by atoms with Crippen molar-refractivity contribution in [2.45, 2.75) is 32.1 Å². The summed E-state index contributed by atoms with van der Waals surface area (Å²) in [7, 11) is 1.81. The zero-order chi connectivity index (χ0) is 22.8. The molecule has 2 unspecified atom stereocenters. The standard InChI is InChI=1S/C23H25ClN6O2S/c1-28-17(15(24)10-26-28)9-18(31)29-11-22-6-2-3-7-23(22,12-29)14-30(13-22)21(32)20-27-16-5-4-8-25-19(16)33-20/h4-5,8,10H,2-3,6-7,9,11-14H2,1H3. The molecule has 33 heavy (non-hydrogen) atoms. The van der Waals surface area contributed by atoms with Gasteiger partial charge in [0, 0.05) is 50.3 Å². The number of aromatic nitrogens is 4. The average molecular weight is 485 g/mol. The van der Waals surface area contributed by atoms with Crippen molar-refractivity contribution < 1.29 is 9.59 Å². The first-order chi connectivity index (χ1) is 15.9. The summed E-state index contributed by atoms with van der Waals surface area (Å²) >= 11 is 7.61. The summed E-state index contributed by atoms with van der Waals surface area (Å²) in [5, 5.41) is 5.19. The number of rotatable bonds is 3. The SMILES string of the molecule is Cn1ncc(Cl)c1CC(=O)N1CC23CCCCC2(C1)CN(C(=O)c1nc2cccnc2s1)C3. The van der Waals surface area contributed by atoms with Crippen molar-refractivity contribution in [2.75, 3.05) is 26.2 Å². The molecule has 172 valence electrons. The first kappa shape index (κ1) is 21.0. The molecule has 2 amide bonds. The van der Waals surface area contributed by atoms with Crippen LogP contribution in [0.15, 0.2) is 24.5 Å². The van der Waals surface area contributed by atoms with Crippen LogP contribution in [0.25, 0.3) is 10.3 Å². The Morgan fingerprint density at radius 2 is 1.82 bits per heavy atom. The predicted molar refractivity (Wildman–Crippen MR) is 125 cm³/mol. The maximum absolute atomic E-state index is 13.4. The molecule has 0 aromatic carbocycles. The van der Waals surface area contributed by atoms with Gasteiger partial charge in [0.25, 0.3) is 5.91 Å². The normalized spacial score (nSPS) is 26.6. The number of nitrogens with zero attached hydrogens (tertiary/aromatic N) is 6. The molecule has 2 aliphatic heterocycles. The molecule has 3 aromatic rings. The van der Waals surface area contributed by atoms with Gasteiger partial charge in [-0.1, -0.05) is 35.8 Å². The Kier molecular flexibility index (Phi) is 4.78. The molecule has 0 radical (unpaired) electrons. The first-order valence-corrected chi connectivity index (χ1v) is 12.5. The highest BCUT2D eigenvalue weighted by atomic mass is 35.5. The van der Waals surface area contributed by atoms with E-state index in [1.54, 1.807) is 17.1 Å². The number of thiazole rings is 1. The smallest absolute Gasteiger partial charge is 0.282 e. The van der Waals surface area contributed by atoms with E-state index >= 15 is 0 Å². The fourth-order valence-corrected chi connectivity index (χ4v) is 7.43. The lowest BCUT2D eigenvalue weighted by Crippen LogP contribution is -2.42. The number of likely N-dealkylation sites (tertiary alicyclic amines) is 2. The van der Waals surface area contributed by atoms with Crippen molar-refractivity contribution in [1.82, 2.24) is 29.5 Å². The van der Waals surface area contributed by atoms with Gasteiger partial charge in [0.15, 0.2) is 5.01 Å². The van der Waals surface area contributed by atoms with Gasteiger partial charge in [-0.15, -0.1) is 0 Å². The molecular weight excluding hydrogens is 460 g/mol. The van der Waals surface area contributed by atoms with Crippen molar-refractivity contribution in [1.29, 1.82) is 0 Å². The van der Waals surface area contributed by atoms with Gasteiger partial charge >= 0.3 is 0 Å². The Bertz CT molecular complexity index is 1200. The van der Waals surface area contributed by atoms with Gasteiger partial charge in [0.2, 0.25) is 5.91 Å². The fourth-order valence-electron chi connectivity index (χ4n) is 6.32. The lowest BCUT2D eigenvalue weighted by Gasteiger charge is -2.41. The number of carbonyl (C=O) groups is 2. The molecule has 2 atom stereocenters. The summed E-state index contributed by atoms with van der Waals surface area (Å²) in [5.74, 6) is 0.0817. The van der Waals surface area contributed by atoms with Gasteiger partial charge in [-0.05, 0) is 25.0 Å². The van der Waals surface area contributed by atoms with E-state index in [1.165, 1.54) is 11.3 Å². The van der Waals surface area contributed by atoms with Gasteiger partial charge in [-0.25, -0.2) is 9.97 Å². The molecule has 3 aromatic heterocycles. The Morgan fingerprint density at radius 1 is 1.12 bits per heavy atom. The molecule has 6 rings (SSSR count). The average Bonchev–Trinajstić information content (AvgIpc) is 3.53. The van der Waals surface area contributed by atoms with Crippen LogP contribution in [0.5, 0.6) is 0 Å². The monoisotopic (exact) mass is 484 g/mol. The van der Waals surface area contributed by atoms with Gasteiger partial charge in [-0.3, -0.25) is 14.3 Å². The van der Waals surface area contributed by atoms with Crippen LogP contribution < -0.4 is 0 Å². The number of hydrogen-bond donors (Lipinski definition) is 0. The maximum atomic E-state index is 13.4. The summed E-state index contributed by atoms with van der Waals surface area (Å²) in [4.78, 5) is 40.4. The summed E-state index contributed by atoms with van der Waals surface area (Å²) in [5.41, 5.74) is 1.44. The highest BCUT2D eigenvalue weighted by Gasteiger charge is 2.64. The third-order valence-corrected chi connectivity index (χ3v) is 9.26. The fraction of sp³-hybridized carbons (Fsp3) is 0.522. The summed E-state index contributed by atoms with van der Waals surface area (Å²) in [6.45, 7) is 2.77. The Morgan fingerprint density at radius 3 is 2.45 bits per heavy atom. The quantitative estimate of drug-likeness (QED) is 0.570. The number of aryl methyl sites for hydroxylation is 1. The highest BCUT2D eigenvalue weighted by Crippen LogP contribution is 2.60. The topological polar surface area (TPSA) is 84.2 Å². The van der Waals surface area contributed by atoms with Crippen molar-refractivity contribution in [3.05, 3.63) is 40.3 Å². The molecule has 3 fully saturated rings. The van der Waals surface area contributed by atoms with Crippen molar-refractivity contribution in [3.8, 4) is 0 Å². The van der Waals surface area contributed by atoms with Crippen LogP contribution in [-0.2, 0) is 18.3 Å². The van der Waals surface area contributed by atoms with Crippen LogP contribution in [0.1, 0.15) is 41.2 Å². The second-order valence-corrected chi connectivity index (χ2v) is 11.1. The predicted octanol–water partition coefficient (Wildman–Crippen LogP) is 3.17. The first-order valence-electron chi connectivity index (χ1n) is 11.3. The van der Waals surface area contributed by atoms with Gasteiger partial charge in [0.1, 0.15) is 10.3 Å². The van der Waals surface area contributed by atoms with Crippen LogP contribution >= 0.6 is 22.9 Å². The zero-order valence-corrected chi connectivity index (χ0v) is 20.0. The number of hydrogen-bond acceptors (Lipinski definition) is 6. The second kappa shape index (κ2) is 7.50. The molecule has 10 heteroatoms. The van der Waals surface area contributed by atoms with E-state index in [9.17, 15) is 9.59 Å². The summed E-state index contributed by atoms with van der Waals surface area (Å²) in [6.07, 6.45) is 7.95. The molecular formula is C23H25ClN6O2S. The Balaban J connectivity index is 1.24. The number of halogens is 1. The van der Waals surface area contributed by atoms with Crippen LogP contribution in [0.4, 0.5) is 0 Å². The van der Waals surface area contributed by atoms with Gasteiger partial charge < -0.3 is 9.80 Å². The third-order valence-electron chi connectivity index (χ3n) is 7.98. The van der Waals surface area contributed by atoms with Crippen LogP contribution in [0.3, 0.4) is 0 Å². The van der Waals surface area contributed by atoms with E-state index in [0.29, 0.717) is 36.2 Å². The van der Waals surface area contributed by atoms with E-state index in [1.807, 2.05) is 29.0 Å². The molecule has 0 bridgehead atoms. The minimum Gasteiger partial charge on any atom is -0.341 e. The molecule has 2 saturated heterocycles. The van der Waals surface area contributed by atoms with E-state index in [0.717, 1.165) is 41.7 Å². The van der Waals surface area contributed by atoms with E-state index < -0.39 is 0 Å². The third kappa shape index (κ3) is 3.19. The maximum Gasteiger partial charge on any atom is 0.282 e. The van der Waals surface area contributed by atoms with E-state index in [2.05, 4.69) is 15.1 Å².